The van der Waals surface area contributed by atoms with Crippen LogP contribution in [0.3, 0.4) is 0 Å². The Morgan fingerprint density at radius 3 is 2.18 bits per heavy atom. The molecule has 0 spiro atoms. The first-order chi connectivity index (χ1) is 7.73. The normalized spacial score (nSPS) is 15.3. The Bertz CT molecular complexity index is 386. The highest BCUT2D eigenvalue weighted by molar-refractivity contribution is 5.74. The minimum atomic E-state index is -4.48. The predicted octanol–water partition coefficient (Wildman–Crippen LogP) is 3.27. The van der Waals surface area contributed by atoms with Crippen molar-refractivity contribution in [3.05, 3.63) is 35.9 Å². The average molecular weight is 246 g/mol. The first-order valence-corrected chi connectivity index (χ1v) is 5.07. The highest BCUT2D eigenvalue weighted by Crippen LogP contribution is 2.36. The van der Waals surface area contributed by atoms with E-state index < -0.39 is 24.0 Å². The van der Waals surface area contributed by atoms with Gasteiger partial charge in [-0.25, -0.2) is 0 Å². The lowest BCUT2D eigenvalue weighted by Gasteiger charge is -2.26. The SMILES string of the molecule is C[C@](Cc1ccccc1)(CC(F)(F)F)C(=O)O. The molecule has 0 saturated carbocycles. The van der Waals surface area contributed by atoms with Crippen molar-refractivity contribution in [2.24, 2.45) is 5.41 Å². The summed E-state index contributed by atoms with van der Waals surface area (Å²) in [5, 5.41) is 8.96. The zero-order valence-corrected chi connectivity index (χ0v) is 9.29. The summed E-state index contributed by atoms with van der Waals surface area (Å²) in [7, 11) is 0. The zero-order chi connectivity index (χ0) is 13.1. The lowest BCUT2D eigenvalue weighted by Crippen LogP contribution is -2.35. The summed E-state index contributed by atoms with van der Waals surface area (Å²) in [4.78, 5) is 11.0. The average Bonchev–Trinajstić information content (AvgIpc) is 2.15. The smallest absolute Gasteiger partial charge is 0.390 e. The summed E-state index contributed by atoms with van der Waals surface area (Å²) in [6, 6.07) is 8.32. The van der Waals surface area contributed by atoms with Crippen LogP contribution in [-0.2, 0) is 11.2 Å². The lowest BCUT2D eigenvalue weighted by molar-refractivity contribution is -0.176. The molecule has 1 N–H and O–H groups in total. The van der Waals surface area contributed by atoms with Crippen molar-refractivity contribution in [1.82, 2.24) is 0 Å². The lowest BCUT2D eigenvalue weighted by atomic mass is 9.80. The molecule has 1 aromatic carbocycles. The van der Waals surface area contributed by atoms with E-state index in [0.717, 1.165) is 6.92 Å². The van der Waals surface area contributed by atoms with Gasteiger partial charge in [0.1, 0.15) is 0 Å². The van der Waals surface area contributed by atoms with Gasteiger partial charge in [0.2, 0.25) is 0 Å². The van der Waals surface area contributed by atoms with Crippen molar-refractivity contribution in [1.29, 1.82) is 0 Å². The van der Waals surface area contributed by atoms with E-state index in [1.807, 2.05) is 0 Å². The molecule has 1 aromatic rings. The van der Waals surface area contributed by atoms with E-state index in [1.165, 1.54) is 0 Å². The van der Waals surface area contributed by atoms with Gasteiger partial charge in [-0.15, -0.1) is 0 Å². The van der Waals surface area contributed by atoms with Crippen molar-refractivity contribution < 1.29 is 23.1 Å². The van der Waals surface area contributed by atoms with E-state index in [4.69, 9.17) is 5.11 Å². The minimum Gasteiger partial charge on any atom is -0.481 e. The van der Waals surface area contributed by atoms with Crippen LogP contribution in [0, 0.1) is 5.41 Å². The molecule has 0 aliphatic heterocycles. The number of carbonyl (C=O) groups is 1. The first-order valence-electron chi connectivity index (χ1n) is 5.07. The van der Waals surface area contributed by atoms with Gasteiger partial charge in [0.05, 0.1) is 11.8 Å². The van der Waals surface area contributed by atoms with Crippen molar-refractivity contribution in [3.63, 3.8) is 0 Å². The molecular formula is C12H13F3O2. The number of alkyl halides is 3. The second-order valence-corrected chi connectivity index (χ2v) is 4.32. The summed E-state index contributed by atoms with van der Waals surface area (Å²) < 4.78 is 37.1. The number of hydrogen-bond donors (Lipinski definition) is 1. The number of aliphatic carboxylic acids is 1. The number of rotatable bonds is 4. The van der Waals surface area contributed by atoms with E-state index in [-0.39, 0.29) is 6.42 Å². The van der Waals surface area contributed by atoms with Crippen molar-refractivity contribution in [2.45, 2.75) is 25.9 Å². The standard InChI is InChI=1S/C12H13F3O2/c1-11(10(16)17,8-12(13,14)15)7-9-5-3-2-4-6-9/h2-6H,7-8H2,1H3,(H,16,17)/t11-/m0/s1. The van der Waals surface area contributed by atoms with Crippen molar-refractivity contribution in [3.8, 4) is 0 Å². The fourth-order valence-electron chi connectivity index (χ4n) is 1.70. The Hall–Kier alpha value is -1.52. The van der Waals surface area contributed by atoms with Crippen LogP contribution < -0.4 is 0 Å². The summed E-state index contributed by atoms with van der Waals surface area (Å²) in [6.45, 7) is 1.12. The molecule has 1 atom stereocenters. The maximum Gasteiger partial charge on any atom is 0.390 e. The monoisotopic (exact) mass is 246 g/mol. The van der Waals surface area contributed by atoms with Crippen LogP contribution in [0.2, 0.25) is 0 Å². The van der Waals surface area contributed by atoms with Crippen LogP contribution in [-0.4, -0.2) is 17.3 Å². The van der Waals surface area contributed by atoms with E-state index in [0.29, 0.717) is 5.56 Å². The van der Waals surface area contributed by atoms with Gasteiger partial charge in [-0.3, -0.25) is 4.79 Å². The molecule has 2 nitrogen and oxygen atoms in total. The highest BCUT2D eigenvalue weighted by atomic mass is 19.4. The highest BCUT2D eigenvalue weighted by Gasteiger charge is 2.44. The number of carboxylic acids is 1. The quantitative estimate of drug-likeness (QED) is 0.885. The molecule has 0 heterocycles. The Kier molecular flexibility index (Phi) is 3.80. The van der Waals surface area contributed by atoms with Crippen LogP contribution >= 0.6 is 0 Å². The molecule has 94 valence electrons. The van der Waals surface area contributed by atoms with Gasteiger partial charge in [0, 0.05) is 0 Å². The second kappa shape index (κ2) is 4.77. The summed E-state index contributed by atoms with van der Waals surface area (Å²) in [6.07, 6.45) is -5.95. The fourth-order valence-corrected chi connectivity index (χ4v) is 1.70. The fraction of sp³-hybridized carbons (Fsp3) is 0.417. The Morgan fingerprint density at radius 2 is 1.76 bits per heavy atom. The molecule has 17 heavy (non-hydrogen) atoms. The van der Waals surface area contributed by atoms with Gasteiger partial charge >= 0.3 is 12.1 Å². The summed E-state index contributed by atoms with van der Waals surface area (Å²) in [5.74, 6) is -1.43. The van der Waals surface area contributed by atoms with Crippen molar-refractivity contribution in [2.75, 3.05) is 0 Å². The Morgan fingerprint density at radius 1 is 1.24 bits per heavy atom. The summed E-state index contributed by atoms with van der Waals surface area (Å²) in [5.41, 5.74) is -1.23. The van der Waals surface area contributed by atoms with Gasteiger partial charge in [-0.2, -0.15) is 13.2 Å². The third-order valence-corrected chi connectivity index (χ3v) is 2.54. The third-order valence-electron chi connectivity index (χ3n) is 2.54. The Labute approximate surface area is 97.1 Å². The molecule has 0 saturated heterocycles. The Balaban J connectivity index is 2.90. The third kappa shape index (κ3) is 4.09. The molecule has 5 heteroatoms. The molecule has 0 unspecified atom stereocenters. The van der Waals surface area contributed by atoms with Gasteiger partial charge in [-0.05, 0) is 18.9 Å². The maximum absolute atomic E-state index is 12.4. The molecule has 0 fully saturated rings. The van der Waals surface area contributed by atoms with Gasteiger partial charge in [0.25, 0.3) is 0 Å². The van der Waals surface area contributed by atoms with Crippen LogP contribution in [0.15, 0.2) is 30.3 Å². The van der Waals surface area contributed by atoms with Gasteiger partial charge < -0.3 is 5.11 Å². The van der Waals surface area contributed by atoms with Crippen LogP contribution in [0.4, 0.5) is 13.2 Å². The number of hydrogen-bond acceptors (Lipinski definition) is 1. The van der Waals surface area contributed by atoms with Crippen LogP contribution in [0.1, 0.15) is 18.9 Å². The van der Waals surface area contributed by atoms with E-state index in [1.54, 1.807) is 30.3 Å². The predicted molar refractivity (Wildman–Crippen MR) is 56.6 cm³/mol. The van der Waals surface area contributed by atoms with E-state index >= 15 is 0 Å². The van der Waals surface area contributed by atoms with Gasteiger partial charge in [0.15, 0.2) is 0 Å². The van der Waals surface area contributed by atoms with Crippen molar-refractivity contribution >= 4 is 5.97 Å². The van der Waals surface area contributed by atoms with Gasteiger partial charge in [-0.1, -0.05) is 30.3 Å². The molecule has 1 rings (SSSR count). The molecule has 0 aliphatic carbocycles. The second-order valence-electron chi connectivity index (χ2n) is 4.32. The molecule has 0 aliphatic rings. The number of carboxylic acid groups (broad SMARTS) is 1. The maximum atomic E-state index is 12.4. The van der Waals surface area contributed by atoms with Crippen LogP contribution in [0.25, 0.3) is 0 Å². The molecule has 0 amide bonds. The molecule has 0 bridgehead atoms. The first kappa shape index (κ1) is 13.5. The zero-order valence-electron chi connectivity index (χ0n) is 9.29. The topological polar surface area (TPSA) is 37.3 Å². The summed E-state index contributed by atoms with van der Waals surface area (Å²) >= 11 is 0. The molecular weight excluding hydrogens is 233 g/mol. The number of benzene rings is 1. The van der Waals surface area contributed by atoms with E-state index in [2.05, 4.69) is 0 Å². The minimum absolute atomic E-state index is 0.136. The molecule has 0 radical (unpaired) electrons. The van der Waals surface area contributed by atoms with E-state index in [9.17, 15) is 18.0 Å². The number of halogens is 3. The molecule has 0 aromatic heterocycles. The van der Waals surface area contributed by atoms with Crippen LogP contribution in [0.5, 0.6) is 0 Å². The largest absolute Gasteiger partial charge is 0.481 e.